The molecule has 0 saturated carbocycles. The van der Waals surface area contributed by atoms with Crippen LogP contribution in [0.25, 0.3) is 5.78 Å². The molecule has 31 heavy (non-hydrogen) atoms. The van der Waals surface area contributed by atoms with Gasteiger partial charge in [0.05, 0.1) is 18.8 Å². The predicted molar refractivity (Wildman–Crippen MR) is 120 cm³/mol. The van der Waals surface area contributed by atoms with Gasteiger partial charge in [-0.2, -0.15) is 4.98 Å². The third-order valence-electron chi connectivity index (χ3n) is 5.16. The number of hydrogen-bond acceptors (Lipinski definition) is 7. The van der Waals surface area contributed by atoms with Crippen LogP contribution in [0, 0.1) is 13.8 Å². The molecule has 2 aromatic heterocycles. The Balaban J connectivity index is 1.47. The van der Waals surface area contributed by atoms with E-state index in [4.69, 9.17) is 4.74 Å². The summed E-state index contributed by atoms with van der Waals surface area (Å²) in [5, 5.41) is 18.0. The fourth-order valence-electron chi connectivity index (χ4n) is 3.33. The highest BCUT2D eigenvalue weighted by atomic mass is 32.2. The Labute approximate surface area is 186 Å². The van der Waals surface area contributed by atoms with Crippen molar-refractivity contribution in [1.82, 2.24) is 24.9 Å². The summed E-state index contributed by atoms with van der Waals surface area (Å²) < 4.78 is 7.43. The van der Waals surface area contributed by atoms with Crippen molar-refractivity contribution in [1.29, 1.82) is 0 Å². The number of nitrogens with one attached hydrogen (secondary N) is 1. The van der Waals surface area contributed by atoms with Gasteiger partial charge in [0.25, 0.3) is 5.78 Å². The van der Waals surface area contributed by atoms with Crippen LogP contribution in [0.3, 0.4) is 0 Å². The van der Waals surface area contributed by atoms with E-state index >= 15 is 0 Å². The maximum absolute atomic E-state index is 12.3. The van der Waals surface area contributed by atoms with Gasteiger partial charge in [0.1, 0.15) is 0 Å². The van der Waals surface area contributed by atoms with Gasteiger partial charge in [-0.05, 0) is 44.6 Å². The quantitative estimate of drug-likeness (QED) is 0.465. The molecule has 1 aromatic carbocycles. The minimum Gasteiger partial charge on any atom is -0.389 e. The van der Waals surface area contributed by atoms with E-state index in [0.717, 1.165) is 22.5 Å². The number of rotatable bonds is 10. The van der Waals surface area contributed by atoms with Crippen molar-refractivity contribution < 1.29 is 14.6 Å². The number of aryl methyl sites for hydroxylation is 2. The van der Waals surface area contributed by atoms with Crippen molar-refractivity contribution in [3.8, 4) is 0 Å². The second kappa shape index (κ2) is 10.7. The van der Waals surface area contributed by atoms with Crippen molar-refractivity contribution in [2.75, 3.05) is 19.4 Å². The monoisotopic (exact) mass is 443 g/mol. The Morgan fingerprint density at radius 1 is 1.26 bits per heavy atom. The first-order chi connectivity index (χ1) is 14.9. The number of fused-ring (bicyclic) bond motifs is 1. The second-order valence-corrected chi connectivity index (χ2v) is 8.19. The molecule has 9 heteroatoms. The normalized spacial score (nSPS) is 13.3. The Bertz CT molecular complexity index is 1020. The average molecular weight is 444 g/mol. The molecule has 8 nitrogen and oxygen atoms in total. The van der Waals surface area contributed by atoms with Gasteiger partial charge in [-0.15, -0.1) is 5.10 Å². The summed E-state index contributed by atoms with van der Waals surface area (Å²) >= 11 is 1.47. The molecule has 0 bridgehead atoms. The molecule has 2 N–H and O–H groups in total. The maximum Gasteiger partial charge on any atom is 0.253 e. The lowest BCUT2D eigenvalue weighted by molar-refractivity contribution is -0.121. The smallest absolute Gasteiger partial charge is 0.253 e. The highest BCUT2D eigenvalue weighted by Gasteiger charge is 2.15. The number of nitrogens with zero attached hydrogens (tertiary/aromatic N) is 4. The third-order valence-corrected chi connectivity index (χ3v) is 5.69. The minimum absolute atomic E-state index is 0.122. The van der Waals surface area contributed by atoms with Gasteiger partial charge in [-0.3, -0.25) is 4.79 Å². The van der Waals surface area contributed by atoms with E-state index in [1.807, 2.05) is 57.4 Å². The summed E-state index contributed by atoms with van der Waals surface area (Å²) in [6.45, 7) is 6.12. The van der Waals surface area contributed by atoms with E-state index < -0.39 is 6.10 Å². The third kappa shape index (κ3) is 6.03. The molecular weight excluding hydrogens is 414 g/mol. The number of carbonyl (C=O) groups is 1. The van der Waals surface area contributed by atoms with E-state index in [-0.39, 0.29) is 25.2 Å². The summed E-state index contributed by atoms with van der Waals surface area (Å²) in [7, 11) is 0. The van der Waals surface area contributed by atoms with Gasteiger partial charge in [0, 0.05) is 24.4 Å². The van der Waals surface area contributed by atoms with E-state index in [1.54, 1.807) is 4.52 Å². The van der Waals surface area contributed by atoms with Gasteiger partial charge in [0.2, 0.25) is 11.1 Å². The first-order valence-corrected chi connectivity index (χ1v) is 11.5. The molecule has 0 fully saturated rings. The molecule has 3 aromatic rings. The van der Waals surface area contributed by atoms with Gasteiger partial charge in [0.15, 0.2) is 0 Å². The molecular formula is C22H29N5O3S. The van der Waals surface area contributed by atoms with Gasteiger partial charge >= 0.3 is 0 Å². The summed E-state index contributed by atoms with van der Waals surface area (Å²) in [5.74, 6) is 0.442. The van der Waals surface area contributed by atoms with Crippen LogP contribution in [0.1, 0.15) is 42.0 Å². The van der Waals surface area contributed by atoms with E-state index in [1.165, 1.54) is 11.8 Å². The van der Waals surface area contributed by atoms with Crippen molar-refractivity contribution in [3.05, 3.63) is 52.8 Å². The molecule has 0 unspecified atom stereocenters. The van der Waals surface area contributed by atoms with Crippen molar-refractivity contribution in [2.24, 2.45) is 0 Å². The second-order valence-electron chi connectivity index (χ2n) is 7.42. The van der Waals surface area contributed by atoms with E-state index in [0.29, 0.717) is 23.8 Å². The molecule has 0 aliphatic rings. The fourth-order valence-corrected chi connectivity index (χ4v) is 3.67. The number of aromatic nitrogens is 4. The molecule has 0 aliphatic carbocycles. The van der Waals surface area contributed by atoms with Crippen LogP contribution >= 0.6 is 11.8 Å². The largest absolute Gasteiger partial charge is 0.389 e. The number of benzene rings is 1. The standard InChI is InChI=1S/C22H29N5O3S/c1-14-19(15(2)27-21(24-14)25-22(26-27)31-4)10-11-20(29)23-12-18(28)13-30-16(3)17-8-6-5-7-9-17/h5-9,16,18,28H,10-13H2,1-4H3,(H,23,29)/t16-,18+/m1/s1. The SMILES string of the molecule is CSc1nc2nc(C)c(CCC(=O)NC[C@H](O)CO[C@H](C)c3ccccc3)c(C)n2n1. The number of thioether (sulfide) groups is 1. The van der Waals surface area contributed by atoms with Crippen molar-refractivity contribution >= 4 is 23.4 Å². The highest BCUT2D eigenvalue weighted by Crippen LogP contribution is 2.18. The maximum atomic E-state index is 12.3. The molecule has 0 spiro atoms. The Morgan fingerprint density at radius 3 is 2.71 bits per heavy atom. The molecule has 0 radical (unpaired) electrons. The van der Waals surface area contributed by atoms with Gasteiger partial charge in [-0.1, -0.05) is 42.1 Å². The van der Waals surface area contributed by atoms with Crippen LogP contribution in [0.2, 0.25) is 0 Å². The number of aliphatic hydroxyl groups excluding tert-OH is 1. The topological polar surface area (TPSA) is 102 Å². The fraction of sp³-hybridized carbons (Fsp3) is 0.455. The number of amides is 1. The number of hydrogen-bond donors (Lipinski definition) is 2. The zero-order chi connectivity index (χ0) is 22.4. The summed E-state index contributed by atoms with van der Waals surface area (Å²) in [4.78, 5) is 21.2. The number of carbonyl (C=O) groups excluding carboxylic acids is 1. The predicted octanol–water partition coefficient (Wildman–Crippen LogP) is 2.65. The van der Waals surface area contributed by atoms with Crippen molar-refractivity contribution in [2.45, 2.75) is 51.0 Å². The Kier molecular flexibility index (Phi) is 8.00. The van der Waals surface area contributed by atoms with Crippen LogP contribution in [-0.2, 0) is 16.0 Å². The summed E-state index contributed by atoms with van der Waals surface area (Å²) in [5.41, 5.74) is 3.82. The molecule has 2 heterocycles. The zero-order valence-electron chi connectivity index (χ0n) is 18.3. The lowest BCUT2D eigenvalue weighted by atomic mass is 10.1. The first kappa shape index (κ1) is 23.2. The summed E-state index contributed by atoms with van der Waals surface area (Å²) in [6.07, 6.45) is 1.87. The Morgan fingerprint density at radius 2 is 2.00 bits per heavy atom. The van der Waals surface area contributed by atoms with Crippen LogP contribution < -0.4 is 5.32 Å². The van der Waals surface area contributed by atoms with Crippen LogP contribution in [0.4, 0.5) is 0 Å². The molecule has 1 amide bonds. The average Bonchev–Trinajstić information content (AvgIpc) is 3.19. The van der Waals surface area contributed by atoms with Gasteiger partial charge < -0.3 is 15.2 Å². The van der Waals surface area contributed by atoms with E-state index in [9.17, 15) is 9.90 Å². The number of ether oxygens (including phenoxy) is 1. The molecule has 3 rings (SSSR count). The highest BCUT2D eigenvalue weighted by molar-refractivity contribution is 7.98. The number of aliphatic hydroxyl groups is 1. The lowest BCUT2D eigenvalue weighted by Gasteiger charge is -2.17. The van der Waals surface area contributed by atoms with Crippen LogP contribution in [0.5, 0.6) is 0 Å². The summed E-state index contributed by atoms with van der Waals surface area (Å²) in [6, 6.07) is 9.82. The lowest BCUT2D eigenvalue weighted by Crippen LogP contribution is -2.35. The molecule has 166 valence electrons. The molecule has 0 saturated heterocycles. The van der Waals surface area contributed by atoms with Crippen molar-refractivity contribution in [3.63, 3.8) is 0 Å². The van der Waals surface area contributed by atoms with Crippen LogP contribution in [-0.4, -0.2) is 56.1 Å². The Hall–Kier alpha value is -2.49. The van der Waals surface area contributed by atoms with E-state index in [2.05, 4.69) is 20.4 Å². The zero-order valence-corrected chi connectivity index (χ0v) is 19.1. The molecule has 0 aliphatic heterocycles. The minimum atomic E-state index is -0.767. The first-order valence-electron chi connectivity index (χ1n) is 10.3. The van der Waals surface area contributed by atoms with Gasteiger partial charge in [-0.25, -0.2) is 9.50 Å². The molecule has 2 atom stereocenters. The van der Waals surface area contributed by atoms with Crippen LogP contribution in [0.15, 0.2) is 35.5 Å².